The number of carbonyl (C=O) groups is 1. The van der Waals surface area contributed by atoms with E-state index in [2.05, 4.69) is 13.0 Å². The molecule has 3 rings (SSSR count). The fourth-order valence-corrected chi connectivity index (χ4v) is 2.80. The van der Waals surface area contributed by atoms with Crippen LogP contribution >= 0.6 is 0 Å². The van der Waals surface area contributed by atoms with E-state index in [0.29, 0.717) is 19.3 Å². The van der Waals surface area contributed by atoms with Gasteiger partial charge in [-0.25, -0.2) is 4.79 Å². The highest BCUT2D eigenvalue weighted by atomic mass is 16.6. The van der Waals surface area contributed by atoms with Crippen LogP contribution in [0, 0.1) is 6.92 Å². The third-order valence-electron chi connectivity index (χ3n) is 3.76. The van der Waals surface area contributed by atoms with Gasteiger partial charge in [-0.15, -0.1) is 0 Å². The van der Waals surface area contributed by atoms with Crippen molar-refractivity contribution in [3.63, 3.8) is 0 Å². The van der Waals surface area contributed by atoms with Crippen LogP contribution in [-0.4, -0.2) is 32.0 Å². The molecular weight excluding hydrogens is 242 g/mol. The van der Waals surface area contributed by atoms with Gasteiger partial charge < -0.3 is 9.47 Å². The van der Waals surface area contributed by atoms with Crippen molar-refractivity contribution in [1.82, 2.24) is 0 Å². The number of cyclic esters (lactones) is 1. The van der Waals surface area contributed by atoms with Crippen molar-refractivity contribution in [3.8, 4) is 0 Å². The molecule has 1 amide bonds. The molecule has 1 aromatic rings. The van der Waals surface area contributed by atoms with Crippen molar-refractivity contribution in [3.05, 3.63) is 29.3 Å². The molecule has 0 N–H and O–H groups in total. The van der Waals surface area contributed by atoms with Crippen LogP contribution in [0.1, 0.15) is 24.0 Å². The van der Waals surface area contributed by atoms with Gasteiger partial charge in [0.1, 0.15) is 6.61 Å². The topological polar surface area (TPSA) is 38.8 Å². The van der Waals surface area contributed by atoms with E-state index in [1.54, 1.807) is 4.90 Å². The minimum atomic E-state index is -0.238. The van der Waals surface area contributed by atoms with Crippen LogP contribution in [0.15, 0.2) is 18.2 Å². The summed E-state index contributed by atoms with van der Waals surface area (Å²) in [7, 11) is 0. The van der Waals surface area contributed by atoms with Crippen molar-refractivity contribution >= 4 is 11.8 Å². The maximum atomic E-state index is 11.7. The van der Waals surface area contributed by atoms with Gasteiger partial charge in [-0.05, 0) is 31.4 Å². The van der Waals surface area contributed by atoms with E-state index in [1.807, 2.05) is 12.1 Å². The Bertz CT molecular complexity index is 480. The minimum absolute atomic E-state index is 0.238. The maximum absolute atomic E-state index is 11.7. The highest BCUT2D eigenvalue weighted by Crippen LogP contribution is 2.28. The van der Waals surface area contributed by atoms with Crippen LogP contribution in [0.4, 0.5) is 10.5 Å². The van der Waals surface area contributed by atoms with Crippen molar-refractivity contribution < 1.29 is 14.3 Å². The maximum Gasteiger partial charge on any atom is 0.414 e. The Kier molecular flexibility index (Phi) is 3.42. The van der Waals surface area contributed by atoms with Gasteiger partial charge in [-0.1, -0.05) is 17.7 Å². The van der Waals surface area contributed by atoms with Gasteiger partial charge in [0.15, 0.2) is 0 Å². The van der Waals surface area contributed by atoms with Crippen LogP contribution in [0.3, 0.4) is 0 Å². The van der Waals surface area contributed by atoms with Crippen LogP contribution in [0.25, 0.3) is 0 Å². The van der Waals surface area contributed by atoms with Gasteiger partial charge in [0.2, 0.25) is 0 Å². The molecule has 19 heavy (non-hydrogen) atoms. The Balaban J connectivity index is 1.87. The summed E-state index contributed by atoms with van der Waals surface area (Å²) >= 11 is 0. The van der Waals surface area contributed by atoms with E-state index in [9.17, 15) is 4.79 Å². The van der Waals surface area contributed by atoms with E-state index in [4.69, 9.17) is 9.47 Å². The molecule has 2 heterocycles. The predicted molar refractivity (Wildman–Crippen MR) is 72.6 cm³/mol. The molecule has 2 fully saturated rings. The van der Waals surface area contributed by atoms with E-state index in [-0.39, 0.29) is 6.09 Å². The number of amides is 1. The largest absolute Gasteiger partial charge is 0.447 e. The highest BCUT2D eigenvalue weighted by Gasteiger charge is 2.27. The molecule has 2 aliphatic rings. The van der Waals surface area contributed by atoms with E-state index in [0.717, 1.165) is 31.6 Å². The Morgan fingerprint density at radius 1 is 1.37 bits per heavy atom. The smallest absolute Gasteiger partial charge is 0.414 e. The molecule has 0 aromatic heterocycles. The standard InChI is InChI=1S/C15H19NO3/c1-11-4-5-14(16-6-8-19-15(16)17)12(9-11)10-13-3-2-7-18-13/h4-5,9,13H,2-3,6-8,10H2,1H3. The molecule has 102 valence electrons. The van der Waals surface area contributed by atoms with Crippen LogP contribution < -0.4 is 4.90 Å². The number of benzene rings is 1. The highest BCUT2D eigenvalue weighted by molar-refractivity contribution is 5.90. The molecule has 1 aromatic carbocycles. The predicted octanol–water partition coefficient (Wildman–Crippen LogP) is 2.67. The van der Waals surface area contributed by atoms with Gasteiger partial charge >= 0.3 is 6.09 Å². The first-order valence-corrected chi connectivity index (χ1v) is 6.89. The van der Waals surface area contributed by atoms with Crippen LogP contribution in [0.2, 0.25) is 0 Å². The summed E-state index contributed by atoms with van der Waals surface area (Å²) in [6.07, 6.45) is 3.17. The molecule has 2 aliphatic heterocycles. The third kappa shape index (κ3) is 2.59. The number of nitrogens with zero attached hydrogens (tertiary/aromatic N) is 1. The Labute approximate surface area is 113 Å². The second kappa shape index (κ2) is 5.21. The van der Waals surface area contributed by atoms with Gasteiger partial charge in [0.25, 0.3) is 0 Å². The lowest BCUT2D eigenvalue weighted by molar-refractivity contribution is 0.111. The molecule has 0 saturated carbocycles. The number of anilines is 1. The normalized spacial score (nSPS) is 22.9. The van der Waals surface area contributed by atoms with Gasteiger partial charge in [0.05, 0.1) is 18.3 Å². The van der Waals surface area contributed by atoms with Gasteiger partial charge in [-0.2, -0.15) is 0 Å². The number of carbonyl (C=O) groups excluding carboxylic acids is 1. The zero-order valence-corrected chi connectivity index (χ0v) is 11.2. The average molecular weight is 261 g/mol. The first kappa shape index (κ1) is 12.5. The Morgan fingerprint density at radius 2 is 2.26 bits per heavy atom. The van der Waals surface area contributed by atoms with Crippen molar-refractivity contribution in [2.24, 2.45) is 0 Å². The monoisotopic (exact) mass is 261 g/mol. The zero-order valence-electron chi connectivity index (χ0n) is 11.2. The van der Waals surface area contributed by atoms with Gasteiger partial charge in [0, 0.05) is 13.0 Å². The summed E-state index contributed by atoms with van der Waals surface area (Å²) in [5.41, 5.74) is 3.37. The summed E-state index contributed by atoms with van der Waals surface area (Å²) < 4.78 is 10.7. The molecular formula is C15H19NO3. The van der Waals surface area contributed by atoms with Crippen LogP contribution in [0.5, 0.6) is 0 Å². The van der Waals surface area contributed by atoms with Crippen molar-refractivity contribution in [2.45, 2.75) is 32.3 Å². The summed E-state index contributed by atoms with van der Waals surface area (Å²) in [5.74, 6) is 0. The summed E-state index contributed by atoms with van der Waals surface area (Å²) in [6.45, 7) is 4.05. The number of aryl methyl sites for hydroxylation is 1. The van der Waals surface area contributed by atoms with E-state index >= 15 is 0 Å². The summed E-state index contributed by atoms with van der Waals surface area (Å²) in [6, 6.07) is 6.22. The number of hydrogen-bond donors (Lipinski definition) is 0. The molecule has 4 heteroatoms. The molecule has 4 nitrogen and oxygen atoms in total. The SMILES string of the molecule is Cc1ccc(N2CCOC2=O)c(CC2CCCO2)c1. The molecule has 1 atom stereocenters. The lowest BCUT2D eigenvalue weighted by Crippen LogP contribution is -2.25. The average Bonchev–Trinajstić information content (AvgIpc) is 3.02. The lowest BCUT2D eigenvalue weighted by Gasteiger charge is -2.20. The Morgan fingerprint density at radius 3 is 2.95 bits per heavy atom. The first-order chi connectivity index (χ1) is 9.24. The second-order valence-electron chi connectivity index (χ2n) is 5.24. The molecule has 0 aliphatic carbocycles. The fraction of sp³-hybridized carbons (Fsp3) is 0.533. The van der Waals surface area contributed by atoms with E-state index in [1.165, 1.54) is 11.1 Å². The first-order valence-electron chi connectivity index (χ1n) is 6.89. The van der Waals surface area contributed by atoms with Crippen molar-refractivity contribution in [2.75, 3.05) is 24.7 Å². The summed E-state index contributed by atoms with van der Waals surface area (Å²) in [4.78, 5) is 13.4. The van der Waals surface area contributed by atoms with E-state index < -0.39 is 0 Å². The van der Waals surface area contributed by atoms with Crippen molar-refractivity contribution in [1.29, 1.82) is 0 Å². The van der Waals surface area contributed by atoms with Gasteiger partial charge in [-0.3, -0.25) is 4.90 Å². The number of hydrogen-bond acceptors (Lipinski definition) is 3. The molecule has 0 bridgehead atoms. The fourth-order valence-electron chi connectivity index (χ4n) is 2.80. The summed E-state index contributed by atoms with van der Waals surface area (Å²) in [5, 5.41) is 0. The molecule has 0 radical (unpaired) electrons. The Hall–Kier alpha value is -1.55. The zero-order chi connectivity index (χ0) is 13.2. The molecule has 2 saturated heterocycles. The minimum Gasteiger partial charge on any atom is -0.447 e. The molecule has 1 unspecified atom stereocenters. The third-order valence-corrected chi connectivity index (χ3v) is 3.76. The molecule has 0 spiro atoms. The number of ether oxygens (including phenoxy) is 2. The second-order valence-corrected chi connectivity index (χ2v) is 5.24. The quantitative estimate of drug-likeness (QED) is 0.839. The van der Waals surface area contributed by atoms with Crippen LogP contribution in [-0.2, 0) is 15.9 Å². The number of rotatable bonds is 3. The lowest BCUT2D eigenvalue weighted by atomic mass is 10.0.